The highest BCUT2D eigenvalue weighted by Crippen LogP contribution is 2.47. The quantitative estimate of drug-likeness (QED) is 0.217. The van der Waals surface area contributed by atoms with E-state index in [9.17, 15) is 18.9 Å². The first-order valence-corrected chi connectivity index (χ1v) is 20.6. The Kier molecular flexibility index (Phi) is 9.35. The number of piperazine rings is 1. The van der Waals surface area contributed by atoms with Crippen LogP contribution in [0.4, 0.5) is 15.9 Å². The lowest BCUT2D eigenvalue weighted by atomic mass is 9.69. The Labute approximate surface area is 332 Å². The highest BCUT2D eigenvalue weighted by Gasteiger charge is 2.42. The number of carbonyl (C=O) groups excluding carboxylic acids is 3. The number of benzene rings is 4. The average molecular weight is 770 g/mol. The number of hydrogen-bond donors (Lipinski definition) is 1. The number of aryl methyl sites for hydroxylation is 1. The van der Waals surface area contributed by atoms with Crippen LogP contribution in [0.2, 0.25) is 0 Å². The molecule has 11 heteroatoms. The molecule has 4 atom stereocenters. The van der Waals surface area contributed by atoms with Crippen molar-refractivity contribution in [1.82, 2.24) is 15.1 Å². The Hall–Kier alpha value is -5.42. The van der Waals surface area contributed by atoms with Crippen LogP contribution in [-0.4, -0.2) is 85.5 Å². The molecule has 3 amide bonds. The van der Waals surface area contributed by atoms with Gasteiger partial charge in [-0.2, -0.15) is 0 Å². The number of nitrogens with zero attached hydrogens (tertiary/aromatic N) is 4. The van der Waals surface area contributed by atoms with E-state index >= 15 is 0 Å². The normalized spacial score (nSPS) is 24.9. The number of anilines is 2. The summed E-state index contributed by atoms with van der Waals surface area (Å²) < 4.78 is 19.4. The molecular formula is C46H48FN5O5. The van der Waals surface area contributed by atoms with Gasteiger partial charge in [-0.05, 0) is 108 Å². The molecule has 0 spiro atoms. The number of rotatable bonds is 7. The van der Waals surface area contributed by atoms with Gasteiger partial charge < -0.3 is 19.4 Å². The largest absolute Gasteiger partial charge is 0.489 e. The first-order valence-electron chi connectivity index (χ1n) is 20.6. The van der Waals surface area contributed by atoms with E-state index in [1.54, 1.807) is 11.0 Å². The Morgan fingerprint density at radius 1 is 0.789 bits per heavy atom. The minimum absolute atomic E-state index is 0.171. The van der Waals surface area contributed by atoms with Gasteiger partial charge in [0.15, 0.2) is 5.75 Å². The first-order chi connectivity index (χ1) is 27.9. The number of imide groups is 1. The van der Waals surface area contributed by atoms with Gasteiger partial charge in [0.25, 0.3) is 5.91 Å². The minimum atomic E-state index is -0.626. The SMILES string of the molecule is O=C1CCC(N2Cc3cc4c(cc3C2=O)OC[C@@H]2CN(CC3CCN(c5ccc([C@@H]6c7ccc(OF)cc7CC[C@@H]6c6ccccc6)cc5)CC3)CCN42)C(=O)N1. The number of piperidine rings is 2. The van der Waals surface area contributed by atoms with E-state index in [1.807, 2.05) is 12.1 Å². The van der Waals surface area contributed by atoms with Crippen LogP contribution >= 0.6 is 0 Å². The molecule has 0 saturated carbocycles. The van der Waals surface area contributed by atoms with Crippen LogP contribution in [0.3, 0.4) is 0 Å². The molecule has 3 fully saturated rings. The minimum Gasteiger partial charge on any atom is -0.489 e. The molecule has 294 valence electrons. The fourth-order valence-electron chi connectivity index (χ4n) is 10.6. The monoisotopic (exact) mass is 769 g/mol. The van der Waals surface area contributed by atoms with Crippen molar-refractivity contribution >= 4 is 29.1 Å². The van der Waals surface area contributed by atoms with Crippen LogP contribution in [0, 0.1) is 5.92 Å². The molecule has 3 saturated heterocycles. The Morgan fingerprint density at radius 3 is 2.40 bits per heavy atom. The molecule has 1 aliphatic carbocycles. The maximum absolute atomic E-state index is 13.4. The maximum atomic E-state index is 13.4. The molecule has 10 nitrogen and oxygen atoms in total. The van der Waals surface area contributed by atoms with Crippen molar-refractivity contribution < 1.29 is 28.6 Å². The molecule has 10 rings (SSSR count). The average Bonchev–Trinajstić information content (AvgIpc) is 3.56. The van der Waals surface area contributed by atoms with Gasteiger partial charge in [-0.25, -0.2) is 0 Å². The van der Waals surface area contributed by atoms with Gasteiger partial charge in [-0.15, -0.1) is 0 Å². The topological polar surface area (TPSA) is 94.7 Å². The summed E-state index contributed by atoms with van der Waals surface area (Å²) in [5.41, 5.74) is 8.86. The third-order valence-corrected chi connectivity index (χ3v) is 13.6. The van der Waals surface area contributed by atoms with Crippen LogP contribution < -0.4 is 24.8 Å². The number of hydrogen-bond acceptors (Lipinski definition) is 8. The second-order valence-corrected chi connectivity index (χ2v) is 16.8. The number of nitrogens with one attached hydrogen (secondary N) is 1. The summed E-state index contributed by atoms with van der Waals surface area (Å²) in [7, 11) is 0. The molecule has 0 aromatic heterocycles. The fraction of sp³-hybridized carbons (Fsp3) is 0.413. The van der Waals surface area contributed by atoms with Crippen LogP contribution in [-0.2, 0) is 22.6 Å². The van der Waals surface area contributed by atoms with Gasteiger partial charge in [-0.3, -0.25) is 29.5 Å². The molecule has 6 aliphatic rings. The number of amides is 3. The number of ether oxygens (including phenoxy) is 1. The van der Waals surface area contributed by atoms with Gasteiger partial charge in [0, 0.05) is 73.9 Å². The molecule has 4 aromatic rings. The molecule has 5 aliphatic heterocycles. The lowest BCUT2D eigenvalue weighted by molar-refractivity contribution is -0.136. The van der Waals surface area contributed by atoms with Gasteiger partial charge in [0.05, 0.1) is 11.7 Å². The van der Waals surface area contributed by atoms with E-state index in [0.29, 0.717) is 37.0 Å². The van der Waals surface area contributed by atoms with Crippen molar-refractivity contribution in [2.24, 2.45) is 5.92 Å². The highest BCUT2D eigenvalue weighted by atomic mass is 19.3. The zero-order valence-corrected chi connectivity index (χ0v) is 32.1. The van der Waals surface area contributed by atoms with Gasteiger partial charge in [0.1, 0.15) is 18.4 Å². The van der Waals surface area contributed by atoms with E-state index < -0.39 is 11.9 Å². The van der Waals surface area contributed by atoms with Crippen molar-refractivity contribution in [2.75, 3.05) is 55.7 Å². The Balaban J connectivity index is 0.759. The van der Waals surface area contributed by atoms with Crippen molar-refractivity contribution in [1.29, 1.82) is 0 Å². The van der Waals surface area contributed by atoms with Crippen molar-refractivity contribution in [3.8, 4) is 11.5 Å². The summed E-state index contributed by atoms with van der Waals surface area (Å²) in [5.74, 6) is 1.33. The summed E-state index contributed by atoms with van der Waals surface area (Å²) in [6, 6.07) is 29.2. The van der Waals surface area contributed by atoms with E-state index in [4.69, 9.17) is 4.74 Å². The fourth-order valence-corrected chi connectivity index (χ4v) is 10.6. The van der Waals surface area contributed by atoms with E-state index in [1.165, 1.54) is 22.4 Å². The zero-order valence-electron chi connectivity index (χ0n) is 32.1. The zero-order chi connectivity index (χ0) is 38.6. The summed E-state index contributed by atoms with van der Waals surface area (Å²) in [5, 5.41) is 2.39. The van der Waals surface area contributed by atoms with Crippen molar-refractivity contribution in [3.63, 3.8) is 0 Å². The Morgan fingerprint density at radius 2 is 1.61 bits per heavy atom. The smallest absolute Gasteiger partial charge is 0.255 e. The summed E-state index contributed by atoms with van der Waals surface area (Å²) in [6.07, 6.45) is 4.80. The molecule has 1 unspecified atom stereocenters. The van der Waals surface area contributed by atoms with Crippen molar-refractivity contribution in [3.05, 3.63) is 118 Å². The third-order valence-electron chi connectivity index (χ3n) is 13.6. The summed E-state index contributed by atoms with van der Waals surface area (Å²) in [4.78, 5) is 50.9. The second kappa shape index (κ2) is 14.8. The number of carbonyl (C=O) groups is 3. The maximum Gasteiger partial charge on any atom is 0.255 e. The first kappa shape index (κ1) is 36.0. The molecule has 57 heavy (non-hydrogen) atoms. The van der Waals surface area contributed by atoms with Gasteiger partial charge in [0.2, 0.25) is 11.8 Å². The molecule has 5 heterocycles. The Bertz CT molecular complexity index is 2190. The predicted molar refractivity (Wildman–Crippen MR) is 214 cm³/mol. The second-order valence-electron chi connectivity index (χ2n) is 16.8. The van der Waals surface area contributed by atoms with Crippen LogP contribution in [0.15, 0.2) is 84.9 Å². The molecule has 1 N–H and O–H groups in total. The number of halogens is 1. The van der Waals surface area contributed by atoms with Crippen LogP contribution in [0.25, 0.3) is 0 Å². The number of fused-ring (bicyclic) bond motifs is 5. The van der Waals surface area contributed by atoms with Gasteiger partial charge in [-0.1, -0.05) is 48.5 Å². The standard InChI is InChI=1S/C46H48FN5O5/c47-57-36-11-13-38-32(22-36)8-12-37(30-4-2-1-3-5-30)44(38)31-6-9-34(10-7-31)50-18-16-29(17-19-50)25-49-20-21-51-35(27-49)28-56-42-24-39-33(23-41(42)51)26-52(46(39)55)40-14-15-43(53)48-45(40)54/h1-7,9-11,13,22-24,29,35,37,40,44H,8,12,14-21,25-28H2,(H,48,53,54)/t35-,37+,40?,44-/m0/s1. The molecular weight excluding hydrogens is 722 g/mol. The molecule has 0 bridgehead atoms. The van der Waals surface area contributed by atoms with Gasteiger partial charge >= 0.3 is 0 Å². The van der Waals surface area contributed by atoms with E-state index in [2.05, 4.69) is 91.7 Å². The van der Waals surface area contributed by atoms with E-state index in [-0.39, 0.29) is 35.9 Å². The molecule has 0 radical (unpaired) electrons. The predicted octanol–water partition coefficient (Wildman–Crippen LogP) is 6.37. The summed E-state index contributed by atoms with van der Waals surface area (Å²) >= 11 is 0. The van der Waals surface area contributed by atoms with Crippen LogP contribution in [0.5, 0.6) is 11.5 Å². The van der Waals surface area contributed by atoms with Crippen LogP contribution in [0.1, 0.15) is 82.1 Å². The summed E-state index contributed by atoms with van der Waals surface area (Å²) in [6.45, 7) is 6.92. The highest BCUT2D eigenvalue weighted by molar-refractivity contribution is 6.06. The lowest BCUT2D eigenvalue weighted by Gasteiger charge is -2.47. The lowest BCUT2D eigenvalue weighted by Crippen LogP contribution is -2.58. The third kappa shape index (κ3) is 6.69. The van der Waals surface area contributed by atoms with Crippen molar-refractivity contribution in [2.45, 2.75) is 69.0 Å². The molecule has 4 aromatic carbocycles. The van der Waals surface area contributed by atoms with E-state index in [0.717, 1.165) is 87.5 Å².